The molecule has 2 heterocycles. The summed E-state index contributed by atoms with van der Waals surface area (Å²) in [7, 11) is 0. The first kappa shape index (κ1) is 15.7. The van der Waals surface area contributed by atoms with Gasteiger partial charge in [-0.3, -0.25) is 4.79 Å². The maximum absolute atomic E-state index is 13.8. The molecule has 6 heteroatoms. The lowest BCUT2D eigenvalue weighted by Gasteiger charge is -2.16. The van der Waals surface area contributed by atoms with Crippen molar-refractivity contribution in [1.29, 1.82) is 0 Å². The fourth-order valence-corrected chi connectivity index (χ4v) is 3.12. The van der Waals surface area contributed by atoms with E-state index in [2.05, 4.69) is 4.98 Å². The van der Waals surface area contributed by atoms with Gasteiger partial charge in [0.2, 0.25) is 0 Å². The molecule has 0 bridgehead atoms. The van der Waals surface area contributed by atoms with E-state index >= 15 is 0 Å². The second-order valence-corrected chi connectivity index (χ2v) is 6.13. The Bertz CT molecular complexity index is 909. The zero-order valence-corrected chi connectivity index (χ0v) is 13.4. The molecule has 1 fully saturated rings. The number of aromatic nitrogens is 1. The van der Waals surface area contributed by atoms with Crippen molar-refractivity contribution >= 4 is 16.8 Å². The molecule has 1 aliphatic rings. The van der Waals surface area contributed by atoms with Crippen molar-refractivity contribution < 1.29 is 19.0 Å². The van der Waals surface area contributed by atoms with Crippen LogP contribution in [-0.2, 0) is 0 Å². The summed E-state index contributed by atoms with van der Waals surface area (Å²) >= 11 is 0. The molecule has 0 spiro atoms. The molecule has 1 aromatic heterocycles. The van der Waals surface area contributed by atoms with Crippen molar-refractivity contribution in [2.24, 2.45) is 0 Å². The summed E-state index contributed by atoms with van der Waals surface area (Å²) < 4.78 is 19.6. The minimum atomic E-state index is -0.773. The van der Waals surface area contributed by atoms with E-state index in [0.29, 0.717) is 22.3 Å². The lowest BCUT2D eigenvalue weighted by Crippen LogP contribution is -2.31. The monoisotopic (exact) mass is 340 g/mol. The number of H-pyrrole nitrogens is 1. The number of ether oxygens (including phenoxy) is 1. The van der Waals surface area contributed by atoms with Crippen LogP contribution >= 0.6 is 0 Å². The largest absolute Gasteiger partial charge is 0.486 e. The fourth-order valence-electron chi connectivity index (χ4n) is 3.12. The highest BCUT2D eigenvalue weighted by Gasteiger charge is 2.36. The van der Waals surface area contributed by atoms with E-state index in [9.17, 15) is 14.3 Å². The highest BCUT2D eigenvalue weighted by atomic mass is 19.1. The summed E-state index contributed by atoms with van der Waals surface area (Å²) in [4.78, 5) is 17.0. The molecule has 4 rings (SSSR count). The summed E-state index contributed by atoms with van der Waals surface area (Å²) in [6.07, 6.45) is -1.27. The molecular formula is C19H17FN2O3. The minimum absolute atomic E-state index is 0.175. The number of β-amino-alcohol motifs (C(OH)–C–C–N with tert-alkyl or cyclic N) is 1. The van der Waals surface area contributed by atoms with Gasteiger partial charge in [0.1, 0.15) is 29.5 Å². The average molecular weight is 340 g/mol. The van der Waals surface area contributed by atoms with E-state index in [1.54, 1.807) is 30.3 Å². The Balaban J connectivity index is 1.51. The van der Waals surface area contributed by atoms with Crippen LogP contribution in [0.5, 0.6) is 5.75 Å². The van der Waals surface area contributed by atoms with Crippen LogP contribution in [0.4, 0.5) is 4.39 Å². The van der Waals surface area contributed by atoms with Gasteiger partial charge in [-0.2, -0.15) is 0 Å². The number of aromatic amines is 1. The third-order valence-corrected chi connectivity index (χ3v) is 4.39. The Morgan fingerprint density at radius 2 is 1.96 bits per heavy atom. The van der Waals surface area contributed by atoms with Crippen LogP contribution in [0.3, 0.4) is 0 Å². The third kappa shape index (κ3) is 2.96. The number of nitrogens with zero attached hydrogens (tertiary/aromatic N) is 1. The molecular weight excluding hydrogens is 323 g/mol. The van der Waals surface area contributed by atoms with Crippen molar-refractivity contribution in [1.82, 2.24) is 9.88 Å². The fraction of sp³-hybridized carbons (Fsp3) is 0.211. The van der Waals surface area contributed by atoms with Gasteiger partial charge in [0.25, 0.3) is 5.91 Å². The molecule has 1 saturated heterocycles. The summed E-state index contributed by atoms with van der Waals surface area (Å²) in [6.45, 7) is 0.445. The molecule has 128 valence electrons. The number of halogens is 1. The summed E-state index contributed by atoms with van der Waals surface area (Å²) in [5.41, 5.74) is 0.607. The van der Waals surface area contributed by atoms with Crippen LogP contribution in [0.1, 0.15) is 10.5 Å². The number of aliphatic hydroxyl groups excluding tert-OH is 1. The summed E-state index contributed by atoms with van der Waals surface area (Å²) in [6, 6.07) is 15.5. The maximum atomic E-state index is 13.8. The second kappa shape index (κ2) is 6.22. The molecule has 0 unspecified atom stereocenters. The Morgan fingerprint density at radius 1 is 1.16 bits per heavy atom. The predicted molar refractivity (Wildman–Crippen MR) is 91.0 cm³/mol. The molecule has 1 aliphatic heterocycles. The average Bonchev–Trinajstić information content (AvgIpc) is 3.20. The number of aliphatic hydroxyl groups is 1. The Labute approximate surface area is 143 Å². The van der Waals surface area contributed by atoms with E-state index in [4.69, 9.17) is 4.74 Å². The number of fused-ring (bicyclic) bond motifs is 1. The van der Waals surface area contributed by atoms with Gasteiger partial charge < -0.3 is 19.7 Å². The normalized spacial score (nSPS) is 20.2. The minimum Gasteiger partial charge on any atom is -0.486 e. The molecule has 3 aromatic rings. The second-order valence-electron chi connectivity index (χ2n) is 6.13. The molecule has 0 aliphatic carbocycles. The molecule has 1 amide bonds. The lowest BCUT2D eigenvalue weighted by molar-refractivity contribution is 0.0728. The first-order chi connectivity index (χ1) is 12.1. The first-order valence-electron chi connectivity index (χ1n) is 8.08. The zero-order chi connectivity index (χ0) is 17.4. The number of hydrogen-bond donors (Lipinski definition) is 2. The van der Waals surface area contributed by atoms with Crippen molar-refractivity contribution in [3.05, 3.63) is 66.1 Å². The smallest absolute Gasteiger partial charge is 0.270 e. The molecule has 0 radical (unpaired) electrons. The number of carbonyl (C=O) groups is 1. The van der Waals surface area contributed by atoms with Gasteiger partial charge in [0, 0.05) is 5.39 Å². The number of hydrogen-bond acceptors (Lipinski definition) is 3. The number of carbonyl (C=O) groups excluding carboxylic acids is 1. The number of nitrogens with one attached hydrogen (secondary N) is 1. The van der Waals surface area contributed by atoms with E-state index in [1.165, 1.54) is 11.0 Å². The highest BCUT2D eigenvalue weighted by molar-refractivity contribution is 5.98. The SMILES string of the molecule is O=C(c1cc2cccc(F)c2[nH]1)N1C[C@@H](O)[C@H](Oc2ccccc2)C1. The van der Waals surface area contributed by atoms with Gasteiger partial charge in [-0.1, -0.05) is 30.3 Å². The molecule has 5 nitrogen and oxygen atoms in total. The molecule has 2 N–H and O–H groups in total. The van der Waals surface area contributed by atoms with Crippen LogP contribution in [0.25, 0.3) is 10.9 Å². The third-order valence-electron chi connectivity index (χ3n) is 4.39. The van der Waals surface area contributed by atoms with Gasteiger partial charge in [-0.05, 0) is 24.3 Å². The van der Waals surface area contributed by atoms with E-state index in [0.717, 1.165) is 0 Å². The van der Waals surface area contributed by atoms with Crippen LogP contribution in [-0.4, -0.2) is 46.2 Å². The zero-order valence-electron chi connectivity index (χ0n) is 13.4. The van der Waals surface area contributed by atoms with Crippen molar-refractivity contribution in [3.8, 4) is 5.75 Å². The number of benzene rings is 2. The van der Waals surface area contributed by atoms with E-state index < -0.39 is 18.0 Å². The Kier molecular flexibility index (Phi) is 3.89. The predicted octanol–water partition coefficient (Wildman–Crippen LogP) is 2.57. The summed E-state index contributed by atoms with van der Waals surface area (Å²) in [5, 5.41) is 10.9. The quantitative estimate of drug-likeness (QED) is 0.770. The van der Waals surface area contributed by atoms with Gasteiger partial charge in [-0.15, -0.1) is 0 Å². The van der Waals surface area contributed by atoms with Crippen LogP contribution in [0.2, 0.25) is 0 Å². The standard InChI is InChI=1S/C19H17FN2O3/c20-14-8-4-5-12-9-15(21-18(12)14)19(24)22-10-16(23)17(11-22)25-13-6-2-1-3-7-13/h1-9,16-17,21,23H,10-11H2/t16-,17-/m1/s1. The lowest BCUT2D eigenvalue weighted by atomic mass is 10.2. The van der Waals surface area contributed by atoms with Gasteiger partial charge in [-0.25, -0.2) is 4.39 Å². The van der Waals surface area contributed by atoms with Crippen LogP contribution < -0.4 is 4.74 Å². The van der Waals surface area contributed by atoms with Crippen molar-refractivity contribution in [3.63, 3.8) is 0 Å². The van der Waals surface area contributed by atoms with Crippen molar-refractivity contribution in [2.75, 3.05) is 13.1 Å². The first-order valence-corrected chi connectivity index (χ1v) is 8.08. The van der Waals surface area contributed by atoms with E-state index in [1.807, 2.05) is 18.2 Å². The van der Waals surface area contributed by atoms with Gasteiger partial charge >= 0.3 is 0 Å². The van der Waals surface area contributed by atoms with Crippen LogP contribution in [0, 0.1) is 5.82 Å². The number of para-hydroxylation sites is 2. The van der Waals surface area contributed by atoms with Crippen LogP contribution in [0.15, 0.2) is 54.6 Å². The Morgan fingerprint density at radius 3 is 2.72 bits per heavy atom. The molecule has 2 atom stereocenters. The number of amides is 1. The van der Waals surface area contributed by atoms with Crippen molar-refractivity contribution in [2.45, 2.75) is 12.2 Å². The maximum Gasteiger partial charge on any atom is 0.270 e. The topological polar surface area (TPSA) is 65.6 Å². The number of likely N-dealkylation sites (tertiary alicyclic amines) is 1. The Hall–Kier alpha value is -2.86. The molecule has 0 saturated carbocycles. The highest BCUT2D eigenvalue weighted by Crippen LogP contribution is 2.23. The van der Waals surface area contributed by atoms with Gasteiger partial charge in [0.15, 0.2) is 0 Å². The molecule has 25 heavy (non-hydrogen) atoms. The van der Waals surface area contributed by atoms with E-state index in [-0.39, 0.29) is 19.0 Å². The number of rotatable bonds is 3. The summed E-state index contributed by atoms with van der Waals surface area (Å²) in [5.74, 6) is -0.0364. The van der Waals surface area contributed by atoms with Gasteiger partial charge in [0.05, 0.1) is 18.6 Å². The molecule has 2 aromatic carbocycles.